The van der Waals surface area contributed by atoms with Crippen LogP contribution < -0.4 is 15.4 Å². The molecule has 0 radical (unpaired) electrons. The highest BCUT2D eigenvalue weighted by Crippen LogP contribution is 2.12. The second-order valence-corrected chi connectivity index (χ2v) is 6.30. The SMILES string of the molecule is Cc1nn(C)c(C)c1CCNC(=O)NCc1ccc(OC(C)C)nc1. The molecule has 2 aromatic heterocycles. The van der Waals surface area contributed by atoms with Gasteiger partial charge in [0.05, 0.1) is 11.8 Å². The summed E-state index contributed by atoms with van der Waals surface area (Å²) in [5.41, 5.74) is 4.25. The Morgan fingerprint density at radius 1 is 1.28 bits per heavy atom. The van der Waals surface area contributed by atoms with Crippen LogP contribution in [0, 0.1) is 13.8 Å². The Bertz CT molecular complexity index is 707. The standard InChI is InChI=1S/C18H27N5O2/c1-12(2)25-17-7-6-15(10-20-17)11-21-18(24)19-9-8-16-13(3)22-23(5)14(16)4/h6-7,10,12H,8-9,11H2,1-5H3,(H2,19,21,24). The third-order valence-corrected chi connectivity index (χ3v) is 3.93. The fourth-order valence-electron chi connectivity index (χ4n) is 2.55. The van der Waals surface area contributed by atoms with Gasteiger partial charge in [0.25, 0.3) is 0 Å². The zero-order chi connectivity index (χ0) is 18.4. The summed E-state index contributed by atoms with van der Waals surface area (Å²) < 4.78 is 7.36. The normalized spacial score (nSPS) is 10.8. The molecule has 0 atom stereocenters. The quantitative estimate of drug-likeness (QED) is 0.806. The lowest BCUT2D eigenvalue weighted by molar-refractivity contribution is 0.232. The average molecular weight is 345 g/mol. The van der Waals surface area contributed by atoms with E-state index >= 15 is 0 Å². The van der Waals surface area contributed by atoms with Crippen LogP contribution >= 0.6 is 0 Å². The van der Waals surface area contributed by atoms with Gasteiger partial charge in [0.15, 0.2) is 0 Å². The van der Waals surface area contributed by atoms with Crippen LogP contribution in [0.5, 0.6) is 5.88 Å². The summed E-state index contributed by atoms with van der Waals surface area (Å²) in [7, 11) is 1.93. The third kappa shape index (κ3) is 5.48. The Kier molecular flexibility index (Phi) is 6.38. The van der Waals surface area contributed by atoms with E-state index in [1.54, 1.807) is 6.20 Å². The van der Waals surface area contributed by atoms with Gasteiger partial charge in [-0.2, -0.15) is 5.10 Å². The van der Waals surface area contributed by atoms with Crippen molar-refractivity contribution in [1.29, 1.82) is 0 Å². The van der Waals surface area contributed by atoms with Gasteiger partial charge in [-0.3, -0.25) is 4.68 Å². The van der Waals surface area contributed by atoms with Crippen LogP contribution in [-0.2, 0) is 20.0 Å². The smallest absolute Gasteiger partial charge is 0.315 e. The second kappa shape index (κ2) is 8.50. The van der Waals surface area contributed by atoms with Crippen molar-refractivity contribution < 1.29 is 9.53 Å². The molecule has 0 aliphatic heterocycles. The van der Waals surface area contributed by atoms with E-state index in [4.69, 9.17) is 4.74 Å². The molecule has 2 heterocycles. The Balaban J connectivity index is 1.73. The molecule has 2 aromatic rings. The number of ether oxygens (including phenoxy) is 1. The lowest BCUT2D eigenvalue weighted by atomic mass is 10.1. The van der Waals surface area contributed by atoms with Crippen molar-refractivity contribution >= 4 is 6.03 Å². The van der Waals surface area contributed by atoms with E-state index in [-0.39, 0.29) is 12.1 Å². The van der Waals surface area contributed by atoms with Gasteiger partial charge < -0.3 is 15.4 Å². The number of aromatic nitrogens is 3. The van der Waals surface area contributed by atoms with Crippen LogP contribution in [0.1, 0.15) is 36.4 Å². The number of urea groups is 1. The van der Waals surface area contributed by atoms with Gasteiger partial charge >= 0.3 is 6.03 Å². The minimum Gasteiger partial charge on any atom is -0.475 e. The van der Waals surface area contributed by atoms with Crippen molar-refractivity contribution in [3.05, 3.63) is 40.8 Å². The number of nitrogens with one attached hydrogen (secondary N) is 2. The summed E-state index contributed by atoms with van der Waals surface area (Å²) in [6.45, 7) is 8.92. The van der Waals surface area contributed by atoms with E-state index in [1.165, 1.54) is 5.56 Å². The first-order valence-electron chi connectivity index (χ1n) is 8.49. The topological polar surface area (TPSA) is 81.1 Å². The molecule has 0 bridgehead atoms. The average Bonchev–Trinajstić information content (AvgIpc) is 2.80. The number of hydrogen-bond acceptors (Lipinski definition) is 4. The molecule has 2 N–H and O–H groups in total. The second-order valence-electron chi connectivity index (χ2n) is 6.30. The zero-order valence-corrected chi connectivity index (χ0v) is 15.6. The Morgan fingerprint density at radius 2 is 2.04 bits per heavy atom. The summed E-state index contributed by atoms with van der Waals surface area (Å²) in [6.07, 6.45) is 2.57. The summed E-state index contributed by atoms with van der Waals surface area (Å²) in [5, 5.41) is 10.1. The monoisotopic (exact) mass is 345 g/mol. The van der Waals surface area contributed by atoms with E-state index in [9.17, 15) is 4.79 Å². The molecule has 0 unspecified atom stereocenters. The van der Waals surface area contributed by atoms with Crippen molar-refractivity contribution in [3.8, 4) is 5.88 Å². The molecule has 25 heavy (non-hydrogen) atoms. The van der Waals surface area contributed by atoms with Gasteiger partial charge in [-0.05, 0) is 45.2 Å². The third-order valence-electron chi connectivity index (χ3n) is 3.93. The molecule has 0 aliphatic carbocycles. The van der Waals surface area contributed by atoms with Gasteiger partial charge in [-0.25, -0.2) is 9.78 Å². The zero-order valence-electron chi connectivity index (χ0n) is 15.6. The number of rotatable bonds is 7. The van der Waals surface area contributed by atoms with E-state index < -0.39 is 0 Å². The number of hydrogen-bond donors (Lipinski definition) is 2. The fourth-order valence-corrected chi connectivity index (χ4v) is 2.55. The van der Waals surface area contributed by atoms with E-state index in [2.05, 4.69) is 20.7 Å². The number of carbonyl (C=O) groups excluding carboxylic acids is 1. The number of carbonyl (C=O) groups is 1. The molecule has 0 spiro atoms. The lowest BCUT2D eigenvalue weighted by Gasteiger charge is -2.10. The minimum absolute atomic E-state index is 0.0920. The highest BCUT2D eigenvalue weighted by atomic mass is 16.5. The number of amides is 2. The van der Waals surface area contributed by atoms with Gasteiger partial charge in [0.2, 0.25) is 5.88 Å². The van der Waals surface area contributed by atoms with E-state index in [0.717, 1.165) is 23.4 Å². The van der Waals surface area contributed by atoms with Crippen LogP contribution in [0.2, 0.25) is 0 Å². The number of pyridine rings is 1. The van der Waals surface area contributed by atoms with Gasteiger partial charge in [-0.15, -0.1) is 0 Å². The van der Waals surface area contributed by atoms with Crippen LogP contribution in [0.25, 0.3) is 0 Å². The van der Waals surface area contributed by atoms with Crippen molar-refractivity contribution in [3.63, 3.8) is 0 Å². The summed E-state index contributed by atoms with van der Waals surface area (Å²) in [4.78, 5) is 16.1. The molecule has 0 saturated heterocycles. The lowest BCUT2D eigenvalue weighted by Crippen LogP contribution is -2.36. The Labute approximate surface area is 148 Å². The van der Waals surface area contributed by atoms with Crippen LogP contribution in [0.15, 0.2) is 18.3 Å². The summed E-state index contributed by atoms with van der Waals surface area (Å²) in [5.74, 6) is 0.588. The maximum atomic E-state index is 11.9. The number of aryl methyl sites for hydroxylation is 2. The molecule has 0 aromatic carbocycles. The fraction of sp³-hybridized carbons (Fsp3) is 0.500. The predicted octanol–water partition coefficient (Wildman–Crippen LogP) is 2.26. The molecule has 2 rings (SSSR count). The van der Waals surface area contributed by atoms with E-state index in [0.29, 0.717) is 19.0 Å². The van der Waals surface area contributed by atoms with Gasteiger partial charge in [-0.1, -0.05) is 6.07 Å². The van der Waals surface area contributed by atoms with Crippen LogP contribution in [0.4, 0.5) is 4.79 Å². The maximum Gasteiger partial charge on any atom is 0.315 e. The first kappa shape index (κ1) is 18.8. The molecule has 7 nitrogen and oxygen atoms in total. The first-order valence-corrected chi connectivity index (χ1v) is 8.49. The van der Waals surface area contributed by atoms with Crippen molar-refractivity contribution in [2.75, 3.05) is 6.54 Å². The molecule has 0 saturated carbocycles. The van der Waals surface area contributed by atoms with Crippen LogP contribution in [0.3, 0.4) is 0 Å². The van der Waals surface area contributed by atoms with E-state index in [1.807, 2.05) is 51.6 Å². The first-order chi connectivity index (χ1) is 11.9. The highest BCUT2D eigenvalue weighted by Gasteiger charge is 2.09. The molecule has 7 heteroatoms. The highest BCUT2D eigenvalue weighted by molar-refractivity contribution is 5.73. The molecular formula is C18H27N5O2. The number of nitrogens with zero attached hydrogens (tertiary/aromatic N) is 3. The largest absolute Gasteiger partial charge is 0.475 e. The molecule has 2 amide bonds. The van der Waals surface area contributed by atoms with Crippen molar-refractivity contribution in [2.45, 2.75) is 46.8 Å². The predicted molar refractivity (Wildman–Crippen MR) is 96.6 cm³/mol. The summed E-state index contributed by atoms with van der Waals surface area (Å²) in [6, 6.07) is 3.51. The van der Waals surface area contributed by atoms with Crippen molar-refractivity contribution in [2.24, 2.45) is 7.05 Å². The minimum atomic E-state index is -0.193. The van der Waals surface area contributed by atoms with Gasteiger partial charge in [0.1, 0.15) is 0 Å². The molecular weight excluding hydrogens is 318 g/mol. The Morgan fingerprint density at radius 3 is 2.60 bits per heavy atom. The summed E-state index contributed by atoms with van der Waals surface area (Å²) >= 11 is 0. The van der Waals surface area contributed by atoms with Crippen LogP contribution in [-0.4, -0.2) is 33.4 Å². The molecule has 136 valence electrons. The maximum absolute atomic E-state index is 11.9. The van der Waals surface area contributed by atoms with Crippen molar-refractivity contribution in [1.82, 2.24) is 25.4 Å². The molecule has 0 aliphatic rings. The Hall–Kier alpha value is -2.57. The molecule has 0 fully saturated rings. The van der Waals surface area contributed by atoms with Gasteiger partial charge in [0, 0.05) is 38.1 Å².